The zero-order valence-corrected chi connectivity index (χ0v) is 11.0. The van der Waals surface area contributed by atoms with E-state index in [1.54, 1.807) is 24.5 Å². The van der Waals surface area contributed by atoms with Crippen molar-refractivity contribution < 1.29 is 14.7 Å². The molecule has 0 aromatic carbocycles. The zero-order chi connectivity index (χ0) is 14.3. The molecule has 1 amide bonds. The molecule has 0 spiro atoms. The van der Waals surface area contributed by atoms with Crippen molar-refractivity contribution in [2.24, 2.45) is 5.92 Å². The molecule has 0 radical (unpaired) electrons. The van der Waals surface area contributed by atoms with Crippen molar-refractivity contribution >= 4 is 18.0 Å². The normalized spacial score (nSPS) is 12.6. The van der Waals surface area contributed by atoms with Crippen LogP contribution in [-0.4, -0.2) is 28.0 Å². The second-order valence-electron chi connectivity index (χ2n) is 4.58. The van der Waals surface area contributed by atoms with Crippen LogP contribution in [0.1, 0.15) is 25.8 Å². The van der Waals surface area contributed by atoms with Crippen molar-refractivity contribution in [2.75, 3.05) is 0 Å². The van der Waals surface area contributed by atoms with E-state index in [-0.39, 0.29) is 24.3 Å². The van der Waals surface area contributed by atoms with Gasteiger partial charge in [-0.2, -0.15) is 0 Å². The highest BCUT2D eigenvalue weighted by Crippen LogP contribution is 2.06. The van der Waals surface area contributed by atoms with Crippen molar-refractivity contribution in [1.29, 1.82) is 0 Å². The average Bonchev–Trinajstić information content (AvgIpc) is 2.36. The molecular weight excluding hydrogens is 244 g/mol. The van der Waals surface area contributed by atoms with Crippen LogP contribution in [0.2, 0.25) is 0 Å². The molecule has 0 fully saturated rings. The number of carboxylic acid groups (broad SMARTS) is 1. The van der Waals surface area contributed by atoms with Crippen molar-refractivity contribution in [3.05, 3.63) is 36.2 Å². The number of nitrogens with one attached hydrogen (secondary N) is 1. The van der Waals surface area contributed by atoms with Gasteiger partial charge in [0.25, 0.3) is 0 Å². The van der Waals surface area contributed by atoms with Gasteiger partial charge in [-0.05, 0) is 23.6 Å². The molecule has 0 aliphatic carbocycles. The maximum Gasteiger partial charge on any atom is 0.305 e. The summed E-state index contributed by atoms with van der Waals surface area (Å²) in [6.45, 7) is 3.75. The van der Waals surface area contributed by atoms with Crippen molar-refractivity contribution in [3.8, 4) is 0 Å². The minimum Gasteiger partial charge on any atom is -0.481 e. The zero-order valence-electron chi connectivity index (χ0n) is 11.0. The van der Waals surface area contributed by atoms with E-state index in [2.05, 4.69) is 10.3 Å². The SMILES string of the molecule is CC(C)C(CC(=O)O)NC(=O)/C=C/c1cccnc1. The molecule has 0 aliphatic rings. The molecule has 1 aromatic rings. The molecule has 1 atom stereocenters. The second kappa shape index (κ2) is 7.31. The van der Waals surface area contributed by atoms with E-state index >= 15 is 0 Å². The fraction of sp³-hybridized carbons (Fsp3) is 0.357. The minimum absolute atomic E-state index is 0.0619. The number of amides is 1. The quantitative estimate of drug-likeness (QED) is 0.765. The summed E-state index contributed by atoms with van der Waals surface area (Å²) in [5.74, 6) is -1.16. The van der Waals surface area contributed by atoms with E-state index in [0.717, 1.165) is 5.56 Å². The van der Waals surface area contributed by atoms with Gasteiger partial charge < -0.3 is 10.4 Å². The van der Waals surface area contributed by atoms with Gasteiger partial charge >= 0.3 is 5.97 Å². The molecule has 1 unspecified atom stereocenters. The number of rotatable bonds is 6. The van der Waals surface area contributed by atoms with Crippen LogP contribution in [0.5, 0.6) is 0 Å². The summed E-state index contributed by atoms with van der Waals surface area (Å²) < 4.78 is 0. The Morgan fingerprint density at radius 1 is 1.47 bits per heavy atom. The number of aromatic nitrogens is 1. The number of aliphatic carboxylic acids is 1. The predicted octanol–water partition coefficient (Wildman–Crippen LogP) is 1.71. The summed E-state index contributed by atoms with van der Waals surface area (Å²) in [5, 5.41) is 11.5. The predicted molar refractivity (Wildman–Crippen MR) is 72.3 cm³/mol. The Morgan fingerprint density at radius 3 is 2.74 bits per heavy atom. The first kappa shape index (κ1) is 14.9. The molecule has 0 aliphatic heterocycles. The third-order valence-electron chi connectivity index (χ3n) is 2.64. The lowest BCUT2D eigenvalue weighted by molar-refractivity contribution is -0.138. The highest BCUT2D eigenvalue weighted by Gasteiger charge is 2.18. The van der Waals surface area contributed by atoms with Crippen molar-refractivity contribution in [2.45, 2.75) is 26.3 Å². The van der Waals surface area contributed by atoms with Crippen LogP contribution in [0.15, 0.2) is 30.6 Å². The van der Waals surface area contributed by atoms with Crippen molar-refractivity contribution in [1.82, 2.24) is 10.3 Å². The van der Waals surface area contributed by atoms with Gasteiger partial charge in [0, 0.05) is 24.5 Å². The standard InChI is InChI=1S/C14H18N2O3/c1-10(2)12(8-14(18)19)16-13(17)6-5-11-4-3-7-15-9-11/h3-7,9-10,12H,8H2,1-2H3,(H,16,17)(H,18,19)/b6-5+. The summed E-state index contributed by atoms with van der Waals surface area (Å²) in [6, 6.07) is 3.23. The van der Waals surface area contributed by atoms with E-state index in [4.69, 9.17) is 5.11 Å². The van der Waals surface area contributed by atoms with Gasteiger partial charge in [-0.3, -0.25) is 14.6 Å². The Morgan fingerprint density at radius 2 is 2.21 bits per heavy atom. The van der Waals surface area contributed by atoms with E-state index in [1.807, 2.05) is 19.9 Å². The topological polar surface area (TPSA) is 79.3 Å². The number of carboxylic acids is 1. The van der Waals surface area contributed by atoms with Crippen LogP contribution in [0.4, 0.5) is 0 Å². The van der Waals surface area contributed by atoms with E-state index < -0.39 is 5.97 Å². The maximum absolute atomic E-state index is 11.7. The third-order valence-corrected chi connectivity index (χ3v) is 2.64. The first-order valence-corrected chi connectivity index (χ1v) is 6.09. The van der Waals surface area contributed by atoms with Gasteiger partial charge in [0.1, 0.15) is 0 Å². The highest BCUT2D eigenvalue weighted by atomic mass is 16.4. The van der Waals surface area contributed by atoms with Gasteiger partial charge in [-0.1, -0.05) is 19.9 Å². The minimum atomic E-state index is -0.921. The Hall–Kier alpha value is -2.17. The first-order chi connectivity index (χ1) is 8.99. The lowest BCUT2D eigenvalue weighted by atomic mass is 10.0. The molecule has 1 aromatic heterocycles. The molecule has 2 N–H and O–H groups in total. The number of carbonyl (C=O) groups is 2. The van der Waals surface area contributed by atoms with Crippen LogP contribution in [0, 0.1) is 5.92 Å². The first-order valence-electron chi connectivity index (χ1n) is 6.09. The maximum atomic E-state index is 11.7. The number of carbonyl (C=O) groups excluding carboxylic acids is 1. The Balaban J connectivity index is 2.58. The molecule has 102 valence electrons. The Kier molecular flexibility index (Phi) is 5.73. The van der Waals surface area contributed by atoms with Gasteiger partial charge in [-0.25, -0.2) is 0 Å². The average molecular weight is 262 g/mol. The van der Waals surface area contributed by atoms with Gasteiger partial charge in [-0.15, -0.1) is 0 Å². The monoisotopic (exact) mass is 262 g/mol. The second-order valence-corrected chi connectivity index (χ2v) is 4.58. The summed E-state index contributed by atoms with van der Waals surface area (Å²) in [7, 11) is 0. The van der Waals surface area contributed by atoms with Crippen LogP contribution in [0.25, 0.3) is 6.08 Å². The molecule has 1 rings (SSSR count). The highest BCUT2D eigenvalue weighted by molar-refractivity contribution is 5.92. The fourth-order valence-electron chi connectivity index (χ4n) is 1.52. The molecule has 0 saturated carbocycles. The molecular formula is C14H18N2O3. The summed E-state index contributed by atoms with van der Waals surface area (Å²) >= 11 is 0. The van der Waals surface area contributed by atoms with Crippen LogP contribution < -0.4 is 5.32 Å². The molecule has 0 saturated heterocycles. The number of hydrogen-bond acceptors (Lipinski definition) is 3. The van der Waals surface area contributed by atoms with Gasteiger partial charge in [0.05, 0.1) is 6.42 Å². The Labute approximate surface area is 112 Å². The molecule has 19 heavy (non-hydrogen) atoms. The number of nitrogens with zero attached hydrogens (tertiary/aromatic N) is 1. The van der Waals surface area contributed by atoms with Gasteiger partial charge in [0.15, 0.2) is 0 Å². The third kappa shape index (κ3) is 5.81. The van der Waals surface area contributed by atoms with Gasteiger partial charge in [0.2, 0.25) is 5.91 Å². The number of pyridine rings is 1. The lowest BCUT2D eigenvalue weighted by Crippen LogP contribution is -2.39. The number of hydrogen-bond donors (Lipinski definition) is 2. The van der Waals surface area contributed by atoms with E-state index in [9.17, 15) is 9.59 Å². The smallest absolute Gasteiger partial charge is 0.305 e. The molecule has 0 bridgehead atoms. The molecule has 5 heteroatoms. The Bertz CT molecular complexity index is 455. The van der Waals surface area contributed by atoms with Crippen LogP contribution in [-0.2, 0) is 9.59 Å². The van der Waals surface area contributed by atoms with Crippen LogP contribution >= 0.6 is 0 Å². The largest absolute Gasteiger partial charge is 0.481 e. The van der Waals surface area contributed by atoms with Crippen molar-refractivity contribution in [3.63, 3.8) is 0 Å². The van der Waals surface area contributed by atoms with Crippen LogP contribution in [0.3, 0.4) is 0 Å². The summed E-state index contributed by atoms with van der Waals surface area (Å²) in [6.07, 6.45) is 6.24. The molecule has 5 nitrogen and oxygen atoms in total. The summed E-state index contributed by atoms with van der Waals surface area (Å²) in [5.41, 5.74) is 0.817. The summed E-state index contributed by atoms with van der Waals surface area (Å²) in [4.78, 5) is 26.3. The van der Waals surface area contributed by atoms with E-state index in [1.165, 1.54) is 6.08 Å². The molecule has 1 heterocycles. The van der Waals surface area contributed by atoms with E-state index in [0.29, 0.717) is 0 Å². The fourth-order valence-corrected chi connectivity index (χ4v) is 1.52. The lowest BCUT2D eigenvalue weighted by Gasteiger charge is -2.19.